The van der Waals surface area contributed by atoms with E-state index in [1.54, 1.807) is 28.4 Å². The van der Waals surface area contributed by atoms with Gasteiger partial charge in [0.2, 0.25) is 11.9 Å². The van der Waals surface area contributed by atoms with Gasteiger partial charge in [0.1, 0.15) is 11.0 Å². The molecule has 0 unspecified atom stereocenters. The van der Waals surface area contributed by atoms with E-state index in [0.29, 0.717) is 107 Å². The van der Waals surface area contributed by atoms with Crippen LogP contribution < -0.4 is 20.0 Å². The number of nitrogens with zero attached hydrogens (tertiary/aromatic N) is 7. The molecule has 4 rings (SSSR count). The normalized spacial score (nSPS) is 14.6. The lowest BCUT2D eigenvalue weighted by Crippen LogP contribution is -2.41. The highest BCUT2D eigenvalue weighted by atomic mass is 32.2. The fourth-order valence-corrected chi connectivity index (χ4v) is 5.94. The second-order valence-electron chi connectivity index (χ2n) is 10.3. The van der Waals surface area contributed by atoms with Crippen LogP contribution in [0.2, 0.25) is 0 Å². The Morgan fingerprint density at radius 1 is 0.727 bits per heavy atom. The minimum absolute atomic E-state index is 0.0375. The van der Waals surface area contributed by atoms with Crippen molar-refractivity contribution in [2.45, 2.75) is 6.54 Å². The molecule has 0 saturated carbocycles. The highest BCUT2D eigenvalue weighted by Crippen LogP contribution is 2.32. The summed E-state index contributed by atoms with van der Waals surface area (Å²) in [5.41, 5.74) is 2.15. The monoisotopic (exact) mass is 632 g/mol. The van der Waals surface area contributed by atoms with E-state index < -0.39 is 9.84 Å². The van der Waals surface area contributed by atoms with Gasteiger partial charge < -0.3 is 39.0 Å². The maximum Gasteiger partial charge on any atom is 0.228 e. The third-order valence-corrected chi connectivity index (χ3v) is 8.88. The zero-order valence-corrected chi connectivity index (χ0v) is 26.9. The van der Waals surface area contributed by atoms with E-state index >= 15 is 0 Å². The van der Waals surface area contributed by atoms with Crippen LogP contribution in [0.15, 0.2) is 30.3 Å². The summed E-state index contributed by atoms with van der Waals surface area (Å²) >= 11 is 0. The van der Waals surface area contributed by atoms with Crippen LogP contribution in [0.3, 0.4) is 0 Å². The van der Waals surface area contributed by atoms with Crippen LogP contribution in [0.4, 0.5) is 23.5 Å². The molecule has 14 nitrogen and oxygen atoms in total. The van der Waals surface area contributed by atoms with Gasteiger partial charge in [-0.25, -0.2) is 18.4 Å². The predicted octanol–water partition coefficient (Wildman–Crippen LogP) is 1.47. The molecule has 1 aliphatic rings. The minimum Gasteiger partial charge on any atom is -0.383 e. The van der Waals surface area contributed by atoms with E-state index in [-0.39, 0.29) is 11.5 Å². The van der Waals surface area contributed by atoms with E-state index in [0.717, 1.165) is 5.56 Å². The fourth-order valence-electron chi connectivity index (χ4n) is 4.74. The van der Waals surface area contributed by atoms with E-state index in [1.165, 1.54) is 0 Å². The van der Waals surface area contributed by atoms with Gasteiger partial charge >= 0.3 is 0 Å². The molecule has 2 aromatic heterocycles. The fraction of sp³-hybridized carbons (Fsp3) is 0.586. The number of benzene rings is 1. The molecule has 0 bridgehead atoms. The molecule has 3 heterocycles. The lowest BCUT2D eigenvalue weighted by atomic mass is 10.2. The Morgan fingerprint density at radius 2 is 1.23 bits per heavy atom. The SMILES string of the molecule is COCCN(CCOC)c1nc(N2CCS(=O)(=O)CC2)c2nc(N(CCOC)CCOC)nc(NCc3ccccc3)c2n1. The second kappa shape index (κ2) is 16.6. The number of ether oxygens (including phenoxy) is 4. The molecule has 1 aromatic carbocycles. The zero-order valence-electron chi connectivity index (χ0n) is 26.1. The highest BCUT2D eigenvalue weighted by molar-refractivity contribution is 7.91. The molecule has 1 saturated heterocycles. The summed E-state index contributed by atoms with van der Waals surface area (Å²) in [6.07, 6.45) is 0. The maximum atomic E-state index is 12.4. The van der Waals surface area contributed by atoms with E-state index in [2.05, 4.69) is 5.32 Å². The van der Waals surface area contributed by atoms with Crippen molar-refractivity contribution in [1.82, 2.24) is 19.9 Å². The average Bonchev–Trinajstić information content (AvgIpc) is 3.04. The lowest BCUT2D eigenvalue weighted by Gasteiger charge is -2.30. The molecule has 0 amide bonds. The van der Waals surface area contributed by atoms with Crippen LogP contribution in [0.25, 0.3) is 11.0 Å². The summed E-state index contributed by atoms with van der Waals surface area (Å²) in [5.74, 6) is 2.11. The zero-order chi connectivity index (χ0) is 31.4. The van der Waals surface area contributed by atoms with Gasteiger partial charge in [0.25, 0.3) is 0 Å². The molecule has 242 valence electrons. The molecule has 0 aliphatic carbocycles. The topological polar surface area (TPSA) is 144 Å². The number of rotatable bonds is 18. The van der Waals surface area contributed by atoms with Crippen molar-refractivity contribution in [2.24, 2.45) is 0 Å². The first kappa shape index (κ1) is 33.5. The largest absolute Gasteiger partial charge is 0.383 e. The summed E-state index contributed by atoms with van der Waals surface area (Å²) in [6.45, 7) is 5.13. The van der Waals surface area contributed by atoms with Gasteiger partial charge in [0, 0.05) is 74.3 Å². The Labute approximate surface area is 259 Å². The van der Waals surface area contributed by atoms with E-state index in [9.17, 15) is 8.42 Å². The van der Waals surface area contributed by atoms with Crippen LogP contribution in [0.5, 0.6) is 0 Å². The van der Waals surface area contributed by atoms with Crippen LogP contribution >= 0.6 is 0 Å². The van der Waals surface area contributed by atoms with Gasteiger partial charge in [-0.2, -0.15) is 9.97 Å². The second-order valence-corrected chi connectivity index (χ2v) is 12.6. The van der Waals surface area contributed by atoms with Crippen LogP contribution in [-0.2, 0) is 35.3 Å². The van der Waals surface area contributed by atoms with Crippen molar-refractivity contribution >= 4 is 44.4 Å². The molecule has 1 fully saturated rings. The van der Waals surface area contributed by atoms with Gasteiger partial charge in [-0.05, 0) is 5.56 Å². The molecular weight excluding hydrogens is 588 g/mol. The number of anilines is 4. The minimum atomic E-state index is -3.13. The number of fused-ring (bicyclic) bond motifs is 1. The number of sulfone groups is 1. The molecule has 0 atom stereocenters. The average molecular weight is 633 g/mol. The Morgan fingerprint density at radius 3 is 1.75 bits per heavy atom. The highest BCUT2D eigenvalue weighted by Gasteiger charge is 2.28. The molecular formula is C29H44N8O6S. The molecule has 0 spiro atoms. The van der Waals surface area contributed by atoms with Gasteiger partial charge in [-0.3, -0.25) is 0 Å². The van der Waals surface area contributed by atoms with Crippen LogP contribution in [0, 0.1) is 0 Å². The standard InChI is InChI=1S/C29H44N8O6S/c1-40-16-10-36(11-17-41-2)28-32-25-24(26(33-28)30-22-23-8-6-5-7-9-23)31-29(37(12-18-42-3)13-19-43-4)34-27(25)35-14-20-44(38,39)21-15-35/h5-9H,10-22H2,1-4H3,(H,30,32,33). The van der Waals surface area contributed by atoms with Crippen LogP contribution in [0.1, 0.15) is 5.56 Å². The van der Waals surface area contributed by atoms with Crippen molar-refractivity contribution in [3.63, 3.8) is 0 Å². The van der Waals surface area contributed by atoms with Gasteiger partial charge in [-0.1, -0.05) is 30.3 Å². The van der Waals surface area contributed by atoms with Gasteiger partial charge in [-0.15, -0.1) is 0 Å². The predicted molar refractivity (Wildman–Crippen MR) is 172 cm³/mol. The number of aromatic nitrogens is 4. The Kier molecular flexibility index (Phi) is 12.7. The Bertz CT molecular complexity index is 1400. The van der Waals surface area contributed by atoms with Crippen molar-refractivity contribution in [2.75, 3.05) is 126 Å². The van der Waals surface area contributed by atoms with Crippen molar-refractivity contribution < 1.29 is 27.4 Å². The number of hydrogen-bond acceptors (Lipinski definition) is 14. The van der Waals surface area contributed by atoms with Gasteiger partial charge in [0.15, 0.2) is 21.5 Å². The summed E-state index contributed by atoms with van der Waals surface area (Å²) in [7, 11) is 3.47. The van der Waals surface area contributed by atoms with E-state index in [1.807, 2.05) is 45.0 Å². The molecule has 1 aliphatic heterocycles. The quantitative estimate of drug-likeness (QED) is 0.216. The van der Waals surface area contributed by atoms with Crippen LogP contribution in [-0.4, -0.2) is 134 Å². The lowest BCUT2D eigenvalue weighted by molar-refractivity contribution is 0.189. The summed E-state index contributed by atoms with van der Waals surface area (Å²) < 4.78 is 46.2. The molecule has 1 N–H and O–H groups in total. The van der Waals surface area contributed by atoms with Crippen molar-refractivity contribution in [1.29, 1.82) is 0 Å². The first-order valence-electron chi connectivity index (χ1n) is 14.7. The molecule has 15 heteroatoms. The smallest absolute Gasteiger partial charge is 0.228 e. The summed E-state index contributed by atoms with van der Waals surface area (Å²) in [5, 5.41) is 3.49. The molecule has 44 heavy (non-hydrogen) atoms. The van der Waals surface area contributed by atoms with Gasteiger partial charge in [0.05, 0.1) is 37.9 Å². The molecule has 0 radical (unpaired) electrons. The van der Waals surface area contributed by atoms with Crippen molar-refractivity contribution in [3.8, 4) is 0 Å². The Balaban J connectivity index is 1.90. The van der Waals surface area contributed by atoms with Crippen molar-refractivity contribution in [3.05, 3.63) is 35.9 Å². The molecule has 3 aromatic rings. The third-order valence-electron chi connectivity index (χ3n) is 7.28. The summed E-state index contributed by atoms with van der Waals surface area (Å²) in [6, 6.07) is 10.0. The first-order chi connectivity index (χ1) is 21.4. The number of nitrogens with one attached hydrogen (secondary N) is 1. The van der Waals surface area contributed by atoms with E-state index in [4.69, 9.17) is 38.9 Å². The summed E-state index contributed by atoms with van der Waals surface area (Å²) in [4.78, 5) is 26.0. The maximum absolute atomic E-state index is 12.4. The number of hydrogen-bond donors (Lipinski definition) is 1. The Hall–Kier alpha value is -3.37. The first-order valence-corrected chi connectivity index (χ1v) is 16.5. The number of methoxy groups -OCH3 is 4. The third kappa shape index (κ3) is 9.08.